The third kappa shape index (κ3) is 4.15. The van der Waals surface area contributed by atoms with E-state index in [1.165, 1.54) is 19.2 Å². The van der Waals surface area contributed by atoms with Crippen molar-refractivity contribution in [2.24, 2.45) is 0 Å². The molecule has 0 amide bonds. The molecule has 152 valence electrons. The van der Waals surface area contributed by atoms with Crippen LogP contribution in [0.3, 0.4) is 0 Å². The Morgan fingerprint density at radius 3 is 2.21 bits per heavy atom. The summed E-state index contributed by atoms with van der Waals surface area (Å²) >= 11 is 0. The van der Waals surface area contributed by atoms with Crippen LogP contribution in [0.1, 0.15) is 13.8 Å². The Bertz CT molecular complexity index is 921. The average molecular weight is 407 g/mol. The van der Waals surface area contributed by atoms with Gasteiger partial charge in [-0.3, -0.25) is 0 Å². The molecule has 2 aromatic carbocycles. The molecular weight excluding hydrogens is 379 g/mol. The zero-order valence-electron chi connectivity index (χ0n) is 16.6. The summed E-state index contributed by atoms with van der Waals surface area (Å²) in [6.45, 7) is 8.30. The van der Waals surface area contributed by atoms with Crippen molar-refractivity contribution in [1.82, 2.24) is 4.90 Å². The Morgan fingerprint density at radius 2 is 1.68 bits per heavy atom. The molecule has 0 aliphatic carbocycles. The maximum atomic E-state index is 13.4. The zero-order valence-corrected chi connectivity index (χ0v) is 17.4. The first-order valence-corrected chi connectivity index (χ1v) is 11.2. The number of hydrogen-bond donors (Lipinski definition) is 0. The molecule has 0 spiro atoms. The Labute approximate surface area is 166 Å². The number of halogens is 1. The molecule has 2 aromatic rings. The lowest BCUT2D eigenvalue weighted by atomic mass is 10.0. The number of rotatable bonds is 6. The van der Waals surface area contributed by atoms with E-state index < -0.39 is 9.84 Å². The maximum absolute atomic E-state index is 13.4. The van der Waals surface area contributed by atoms with Crippen molar-refractivity contribution in [2.45, 2.75) is 18.7 Å². The molecule has 1 saturated heterocycles. The van der Waals surface area contributed by atoms with Gasteiger partial charge >= 0.3 is 0 Å². The second-order valence-electron chi connectivity index (χ2n) is 6.86. The molecule has 0 atom stereocenters. The number of hydrogen-bond acceptors (Lipinski definition) is 5. The van der Waals surface area contributed by atoms with E-state index in [-0.39, 0.29) is 16.5 Å². The van der Waals surface area contributed by atoms with Crippen molar-refractivity contribution in [1.29, 1.82) is 0 Å². The van der Waals surface area contributed by atoms with Crippen LogP contribution in [0.25, 0.3) is 11.1 Å². The summed E-state index contributed by atoms with van der Waals surface area (Å²) < 4.78 is 44.5. The molecule has 1 aliphatic heterocycles. The second kappa shape index (κ2) is 8.49. The van der Waals surface area contributed by atoms with Gasteiger partial charge in [-0.1, -0.05) is 26.0 Å². The fourth-order valence-electron chi connectivity index (χ4n) is 3.53. The molecule has 1 fully saturated rings. The van der Waals surface area contributed by atoms with Gasteiger partial charge in [0.15, 0.2) is 9.84 Å². The quantitative estimate of drug-likeness (QED) is 0.736. The third-order valence-electron chi connectivity index (χ3n) is 5.30. The molecule has 0 aromatic heterocycles. The topological polar surface area (TPSA) is 49.9 Å². The number of methoxy groups -OCH3 is 1. The minimum Gasteiger partial charge on any atom is -0.495 e. The average Bonchev–Trinajstić information content (AvgIpc) is 2.73. The standard InChI is InChI=1S/C21H27FN2O3S/c1-4-23-10-12-24(13-11-23)18-14-19(16-6-8-17(22)9-7-16)21(27-3)20(15-18)28(25,26)5-2/h6-9,14-15H,4-5,10-13H2,1-3H3. The molecule has 5 nitrogen and oxygen atoms in total. The van der Waals surface area contributed by atoms with Crippen molar-refractivity contribution in [2.75, 3.05) is 50.5 Å². The number of sulfone groups is 1. The highest BCUT2D eigenvalue weighted by atomic mass is 32.2. The predicted octanol–water partition coefficient (Wildman–Crippen LogP) is 3.44. The number of likely N-dealkylation sites (N-methyl/N-ethyl adjacent to an activating group) is 1. The summed E-state index contributed by atoms with van der Waals surface area (Å²) in [4.78, 5) is 4.75. The van der Waals surface area contributed by atoms with E-state index in [9.17, 15) is 12.8 Å². The number of anilines is 1. The molecule has 0 unspecified atom stereocenters. The lowest BCUT2D eigenvalue weighted by molar-refractivity contribution is 0.271. The smallest absolute Gasteiger partial charge is 0.181 e. The second-order valence-corrected chi connectivity index (χ2v) is 9.10. The van der Waals surface area contributed by atoms with Crippen LogP contribution in [0.5, 0.6) is 5.75 Å². The van der Waals surface area contributed by atoms with E-state index >= 15 is 0 Å². The van der Waals surface area contributed by atoms with Crippen LogP contribution < -0.4 is 9.64 Å². The van der Waals surface area contributed by atoms with E-state index in [1.807, 2.05) is 6.07 Å². The van der Waals surface area contributed by atoms with Crippen LogP contribution in [0, 0.1) is 5.82 Å². The van der Waals surface area contributed by atoms with Gasteiger partial charge in [0.1, 0.15) is 16.5 Å². The fourth-order valence-corrected chi connectivity index (χ4v) is 4.62. The molecule has 1 aliphatic rings. The summed E-state index contributed by atoms with van der Waals surface area (Å²) in [5, 5.41) is 0. The summed E-state index contributed by atoms with van der Waals surface area (Å²) in [7, 11) is -2.02. The van der Waals surface area contributed by atoms with Crippen LogP contribution in [-0.4, -0.2) is 58.9 Å². The van der Waals surface area contributed by atoms with Crippen molar-refractivity contribution in [3.05, 3.63) is 42.2 Å². The van der Waals surface area contributed by atoms with Gasteiger partial charge in [-0.15, -0.1) is 0 Å². The van der Waals surface area contributed by atoms with E-state index in [0.29, 0.717) is 11.3 Å². The summed E-state index contributed by atoms with van der Waals surface area (Å²) in [5.74, 6) is -0.0420. The van der Waals surface area contributed by atoms with Crippen LogP contribution in [-0.2, 0) is 9.84 Å². The molecule has 3 rings (SSSR count). The van der Waals surface area contributed by atoms with Gasteiger partial charge in [0.2, 0.25) is 0 Å². The van der Waals surface area contributed by atoms with Gasteiger partial charge in [0.25, 0.3) is 0 Å². The van der Waals surface area contributed by atoms with E-state index in [0.717, 1.165) is 44.0 Å². The minimum atomic E-state index is -3.49. The Morgan fingerprint density at radius 1 is 1.04 bits per heavy atom. The van der Waals surface area contributed by atoms with Gasteiger partial charge in [-0.05, 0) is 36.4 Å². The molecule has 0 N–H and O–H groups in total. The fraction of sp³-hybridized carbons (Fsp3) is 0.429. The predicted molar refractivity (Wildman–Crippen MR) is 110 cm³/mol. The van der Waals surface area contributed by atoms with E-state index in [1.54, 1.807) is 25.1 Å². The molecular formula is C21H27FN2O3S. The monoisotopic (exact) mass is 406 g/mol. The Hall–Kier alpha value is -2.12. The van der Waals surface area contributed by atoms with Crippen molar-refractivity contribution in [3.8, 4) is 16.9 Å². The normalized spacial score (nSPS) is 15.6. The lowest BCUT2D eigenvalue weighted by Gasteiger charge is -2.36. The summed E-state index contributed by atoms with van der Waals surface area (Å²) in [6, 6.07) is 9.70. The third-order valence-corrected chi connectivity index (χ3v) is 7.03. The zero-order chi connectivity index (χ0) is 20.3. The summed E-state index contributed by atoms with van der Waals surface area (Å²) in [6.07, 6.45) is 0. The van der Waals surface area contributed by atoms with Gasteiger partial charge in [0, 0.05) is 37.4 Å². The lowest BCUT2D eigenvalue weighted by Crippen LogP contribution is -2.46. The highest BCUT2D eigenvalue weighted by molar-refractivity contribution is 7.91. The Balaban J connectivity index is 2.14. The summed E-state index contributed by atoms with van der Waals surface area (Å²) in [5.41, 5.74) is 2.23. The number of nitrogens with zero attached hydrogens (tertiary/aromatic N) is 2. The SMILES string of the molecule is CCN1CCN(c2cc(-c3ccc(F)cc3)c(OC)c(S(=O)(=O)CC)c2)CC1. The van der Waals surface area contributed by atoms with E-state index in [4.69, 9.17) is 4.74 Å². The molecule has 28 heavy (non-hydrogen) atoms. The minimum absolute atomic E-state index is 0.0146. The first-order valence-electron chi connectivity index (χ1n) is 9.57. The largest absolute Gasteiger partial charge is 0.495 e. The molecule has 0 saturated carbocycles. The molecule has 0 bridgehead atoms. The van der Waals surface area contributed by atoms with E-state index in [2.05, 4.69) is 16.7 Å². The van der Waals surface area contributed by atoms with Gasteiger partial charge in [-0.25, -0.2) is 12.8 Å². The number of ether oxygens (including phenoxy) is 1. The highest BCUT2D eigenvalue weighted by Gasteiger charge is 2.25. The van der Waals surface area contributed by atoms with Gasteiger partial charge in [0.05, 0.1) is 12.9 Å². The number of benzene rings is 2. The highest BCUT2D eigenvalue weighted by Crippen LogP contribution is 2.40. The first-order chi connectivity index (χ1) is 13.4. The number of piperazine rings is 1. The van der Waals surface area contributed by atoms with Gasteiger partial charge in [-0.2, -0.15) is 0 Å². The van der Waals surface area contributed by atoms with Crippen LogP contribution >= 0.6 is 0 Å². The van der Waals surface area contributed by atoms with Crippen molar-refractivity contribution in [3.63, 3.8) is 0 Å². The van der Waals surface area contributed by atoms with Crippen LogP contribution in [0.15, 0.2) is 41.3 Å². The Kier molecular flexibility index (Phi) is 6.25. The van der Waals surface area contributed by atoms with Crippen LogP contribution in [0.2, 0.25) is 0 Å². The first kappa shape index (κ1) is 20.6. The van der Waals surface area contributed by atoms with Crippen LogP contribution in [0.4, 0.5) is 10.1 Å². The molecule has 7 heteroatoms. The van der Waals surface area contributed by atoms with Crippen molar-refractivity contribution >= 4 is 15.5 Å². The molecule has 0 radical (unpaired) electrons. The van der Waals surface area contributed by atoms with Gasteiger partial charge < -0.3 is 14.5 Å². The molecule has 1 heterocycles. The van der Waals surface area contributed by atoms with Crippen molar-refractivity contribution < 1.29 is 17.5 Å². The maximum Gasteiger partial charge on any atom is 0.181 e.